The number of aromatic amines is 1. The van der Waals surface area contributed by atoms with Crippen molar-refractivity contribution in [2.75, 3.05) is 52.9 Å². The van der Waals surface area contributed by atoms with Crippen LogP contribution in [0.5, 0.6) is 0 Å². The summed E-state index contributed by atoms with van der Waals surface area (Å²) < 4.78 is 0. The van der Waals surface area contributed by atoms with Crippen LogP contribution in [0.1, 0.15) is 79.1 Å². The number of benzene rings is 1. The van der Waals surface area contributed by atoms with Crippen LogP contribution in [0, 0.1) is 5.92 Å². The van der Waals surface area contributed by atoms with Crippen LogP contribution in [0.3, 0.4) is 0 Å². The average Bonchev–Trinajstić information content (AvgIpc) is 3.43. The van der Waals surface area contributed by atoms with Gasteiger partial charge in [0.15, 0.2) is 5.96 Å². The van der Waals surface area contributed by atoms with E-state index in [1.807, 2.05) is 65.8 Å². The number of amides is 3. The quantitative estimate of drug-likeness (QED) is 0.0684. The van der Waals surface area contributed by atoms with Gasteiger partial charge in [-0.15, -0.1) is 0 Å². The second-order valence-electron chi connectivity index (χ2n) is 15.6. The third-order valence-corrected chi connectivity index (χ3v) is 8.40. The largest absolute Gasteiger partial charge is 0.370 e. The summed E-state index contributed by atoms with van der Waals surface area (Å²) in [6.07, 6.45) is 3.88. The highest BCUT2D eigenvalue weighted by Gasteiger charge is 2.33. The number of likely N-dealkylation sites (tertiary alicyclic amines) is 1. The molecule has 0 unspecified atom stereocenters. The molecular weight excluding hydrogens is 660 g/mol. The van der Waals surface area contributed by atoms with E-state index >= 15 is 0 Å². The Morgan fingerprint density at radius 2 is 1.77 bits per heavy atom. The smallest absolute Gasteiger partial charge is 0.315 e. The van der Waals surface area contributed by atoms with Crippen LogP contribution in [-0.4, -0.2) is 103 Å². The maximum Gasteiger partial charge on any atom is 0.315 e. The first kappa shape index (κ1) is 44.1. The van der Waals surface area contributed by atoms with Crippen LogP contribution in [0.4, 0.5) is 4.79 Å². The van der Waals surface area contributed by atoms with Crippen LogP contribution in [-0.2, 0) is 16.8 Å². The number of H-pyrrole nitrogens is 1. The molecule has 52 heavy (non-hydrogen) atoms. The molecule has 0 saturated carbocycles. The minimum absolute atomic E-state index is 0.0379. The second-order valence-corrected chi connectivity index (χ2v) is 15.6. The van der Waals surface area contributed by atoms with E-state index in [9.17, 15) is 14.4 Å². The summed E-state index contributed by atoms with van der Waals surface area (Å²) in [5.74, 6) is 1.26. The summed E-state index contributed by atoms with van der Waals surface area (Å²) in [6.45, 7) is 20.1. The average molecular weight is 727 g/mol. The van der Waals surface area contributed by atoms with Crippen molar-refractivity contribution in [3.63, 3.8) is 0 Å². The fourth-order valence-corrected chi connectivity index (χ4v) is 5.59. The molecule has 2 aromatic rings. The Balaban J connectivity index is 0.000000360. The predicted molar refractivity (Wildman–Crippen MR) is 211 cm³/mol. The zero-order valence-corrected chi connectivity index (χ0v) is 32.7. The van der Waals surface area contributed by atoms with Gasteiger partial charge in [0.1, 0.15) is 5.82 Å². The summed E-state index contributed by atoms with van der Waals surface area (Å²) in [6, 6.07) is 8.23. The second kappa shape index (κ2) is 21.5. The zero-order valence-electron chi connectivity index (χ0n) is 32.7. The molecule has 0 aliphatic carbocycles. The normalized spacial score (nSPS) is 16.7. The van der Waals surface area contributed by atoms with Gasteiger partial charge in [0, 0.05) is 82.0 Å². The topological polar surface area (TPSA) is 234 Å². The Kier molecular flexibility index (Phi) is 18.2. The number of nitrogens with two attached hydrogens (primary N) is 3. The molecule has 0 radical (unpaired) electrons. The Morgan fingerprint density at radius 1 is 1.08 bits per heavy atom. The van der Waals surface area contributed by atoms with Crippen LogP contribution in [0.25, 0.3) is 11.1 Å². The highest BCUT2D eigenvalue weighted by atomic mass is 16.2. The predicted octanol–water partition coefficient (Wildman–Crippen LogP) is 1.34. The van der Waals surface area contributed by atoms with E-state index in [-0.39, 0.29) is 40.5 Å². The molecule has 1 aliphatic rings. The number of aliphatic imine (C=N–C) groups is 1. The molecule has 3 atom stereocenters. The van der Waals surface area contributed by atoms with Gasteiger partial charge in [0.25, 0.3) is 5.56 Å². The first-order chi connectivity index (χ1) is 24.4. The molecule has 12 N–H and O–H groups in total. The molecule has 292 valence electrons. The van der Waals surface area contributed by atoms with E-state index in [1.165, 1.54) is 0 Å². The molecule has 3 amide bonds. The third-order valence-electron chi connectivity index (χ3n) is 8.40. The maximum atomic E-state index is 12.4. The summed E-state index contributed by atoms with van der Waals surface area (Å²) in [5.41, 5.74) is 18.4. The Hall–Kier alpha value is -4.05. The van der Waals surface area contributed by atoms with E-state index in [1.54, 1.807) is 13.2 Å². The highest BCUT2D eigenvalue weighted by molar-refractivity contribution is 5.76. The molecule has 1 aromatic heterocycles. The van der Waals surface area contributed by atoms with Crippen LogP contribution < -0.4 is 49.3 Å². The maximum absolute atomic E-state index is 12.4. The van der Waals surface area contributed by atoms with Crippen molar-refractivity contribution in [1.82, 2.24) is 41.5 Å². The van der Waals surface area contributed by atoms with Crippen molar-refractivity contribution in [2.24, 2.45) is 28.1 Å². The molecule has 2 heterocycles. The molecule has 1 aliphatic heterocycles. The fourth-order valence-electron chi connectivity index (χ4n) is 5.59. The Bertz CT molecular complexity index is 1460. The third kappa shape index (κ3) is 17.0. The Labute approximate surface area is 310 Å². The van der Waals surface area contributed by atoms with E-state index in [4.69, 9.17) is 17.2 Å². The molecule has 1 saturated heterocycles. The van der Waals surface area contributed by atoms with Crippen molar-refractivity contribution in [2.45, 2.75) is 97.3 Å². The minimum atomic E-state index is -0.253. The lowest BCUT2D eigenvalue weighted by molar-refractivity contribution is -0.120. The number of carbonyl (C=O) groups excluding carboxylic acids is 2. The number of hydrogen-bond donors (Lipinski definition) is 9. The number of guanidine groups is 1. The van der Waals surface area contributed by atoms with Crippen LogP contribution >= 0.6 is 0 Å². The number of nitrogens with zero attached hydrogens (tertiary/aromatic N) is 3. The zero-order chi connectivity index (χ0) is 38.9. The standard InChI is InChI=1S/C19H28N6O.C18H38N6O2/c1-19(2,3)17-24-12-15(16(26)25-17)14-7-5-13(6-8-14)11-22-9-4-10-23-18(20)21;1-13(9-19)11-24-12-14(22-17(26)23-18(2,3)4)8-15(24)10-21-7-6-16(25)20-5/h5-8,12,22H,4,9-11H2,1-3H3,(H4,20,21,23)(H,24,25,26);13-15,21H,6-12,19H2,1-5H3,(H,20,25)(H2,22,23,26)/t;13-,14+,15-/m.0/s1. The van der Waals surface area contributed by atoms with Gasteiger partial charge in [0.05, 0.1) is 5.56 Å². The van der Waals surface area contributed by atoms with E-state index in [0.717, 1.165) is 56.7 Å². The van der Waals surface area contributed by atoms with Gasteiger partial charge in [-0.1, -0.05) is 52.0 Å². The van der Waals surface area contributed by atoms with Gasteiger partial charge >= 0.3 is 6.03 Å². The molecule has 15 nitrogen and oxygen atoms in total. The van der Waals surface area contributed by atoms with E-state index < -0.39 is 0 Å². The first-order valence-electron chi connectivity index (χ1n) is 18.3. The van der Waals surface area contributed by atoms with Gasteiger partial charge in [0.2, 0.25) is 5.91 Å². The van der Waals surface area contributed by atoms with Crippen LogP contribution in [0.15, 0.2) is 40.2 Å². The lowest BCUT2D eigenvalue weighted by Gasteiger charge is -2.27. The SMILES string of the molecule is CC(C)(C)c1ncc(-c2ccc(CNCCCN=C(N)N)cc2)c(=O)[nH]1.CNC(=O)CCNC[C@@H]1C[C@@H](NC(=O)NC(C)(C)C)CN1C[C@@H](C)CN. The highest BCUT2D eigenvalue weighted by Crippen LogP contribution is 2.21. The van der Waals surface area contributed by atoms with E-state index in [0.29, 0.717) is 49.4 Å². The monoisotopic (exact) mass is 727 g/mol. The summed E-state index contributed by atoms with van der Waals surface area (Å²) >= 11 is 0. The number of rotatable bonds is 16. The van der Waals surface area contributed by atoms with Crippen molar-refractivity contribution < 1.29 is 9.59 Å². The number of nitrogens with one attached hydrogen (secondary N) is 6. The van der Waals surface area contributed by atoms with Gasteiger partial charge < -0.3 is 48.8 Å². The summed E-state index contributed by atoms with van der Waals surface area (Å²) in [7, 11) is 1.65. The molecule has 3 rings (SSSR count). The van der Waals surface area contributed by atoms with Crippen molar-refractivity contribution in [3.8, 4) is 11.1 Å². The summed E-state index contributed by atoms with van der Waals surface area (Å²) in [4.78, 5) is 49.4. The number of aromatic nitrogens is 2. The molecule has 15 heteroatoms. The van der Waals surface area contributed by atoms with Crippen molar-refractivity contribution in [1.29, 1.82) is 0 Å². The van der Waals surface area contributed by atoms with Gasteiger partial charge in [-0.25, -0.2) is 9.78 Å². The molecule has 1 fully saturated rings. The van der Waals surface area contributed by atoms with Crippen LogP contribution in [0.2, 0.25) is 0 Å². The lowest BCUT2D eigenvalue weighted by Crippen LogP contribution is -2.50. The van der Waals surface area contributed by atoms with E-state index in [2.05, 4.69) is 53.4 Å². The van der Waals surface area contributed by atoms with Gasteiger partial charge in [-0.2, -0.15) is 0 Å². The molecular formula is C37H66N12O3. The number of urea groups is 1. The number of carbonyl (C=O) groups is 2. The first-order valence-corrected chi connectivity index (χ1v) is 18.3. The minimum Gasteiger partial charge on any atom is -0.370 e. The van der Waals surface area contributed by atoms with Gasteiger partial charge in [-0.05, 0) is 63.7 Å². The molecule has 0 spiro atoms. The lowest BCUT2D eigenvalue weighted by atomic mass is 9.95. The molecule has 1 aromatic carbocycles. The van der Waals surface area contributed by atoms with Crippen molar-refractivity contribution >= 4 is 17.9 Å². The Morgan fingerprint density at radius 3 is 2.35 bits per heavy atom. The summed E-state index contributed by atoms with van der Waals surface area (Å²) in [5, 5.41) is 15.4. The van der Waals surface area contributed by atoms with Gasteiger partial charge in [-0.3, -0.25) is 19.5 Å². The molecule has 0 bridgehead atoms. The van der Waals surface area contributed by atoms with Crippen molar-refractivity contribution in [3.05, 3.63) is 52.2 Å². The fraction of sp³-hybridized carbons (Fsp3) is 0.649. The number of hydrogen-bond acceptors (Lipinski definition) is 9.